The molecule has 0 N–H and O–H groups in total. The fourth-order valence-corrected chi connectivity index (χ4v) is 1.91. The van der Waals surface area contributed by atoms with Crippen molar-refractivity contribution in [2.24, 2.45) is 0 Å². The first-order chi connectivity index (χ1) is 8.18. The van der Waals surface area contributed by atoms with Crippen molar-refractivity contribution in [2.75, 3.05) is 6.54 Å². The second-order valence-electron chi connectivity index (χ2n) is 4.06. The van der Waals surface area contributed by atoms with Crippen LogP contribution < -0.4 is 0 Å². The maximum atomic E-state index is 11.8. The lowest BCUT2D eigenvalue weighted by Crippen LogP contribution is -2.37. The number of hydrogen-bond acceptors (Lipinski definition) is 3. The maximum Gasteiger partial charge on any atom is 0.340 e. The van der Waals surface area contributed by atoms with E-state index in [-0.39, 0.29) is 5.91 Å². The molecule has 0 saturated carbocycles. The fraction of sp³-hybridized carbons (Fsp3) is 0.385. The van der Waals surface area contributed by atoms with Crippen LogP contribution in [0.25, 0.3) is 0 Å². The third-order valence-corrected chi connectivity index (χ3v) is 2.84. The van der Waals surface area contributed by atoms with Gasteiger partial charge in [-0.1, -0.05) is 18.2 Å². The highest BCUT2D eigenvalue weighted by molar-refractivity contribution is 5.89. The number of benzene rings is 1. The molecule has 0 aliphatic carbocycles. The van der Waals surface area contributed by atoms with Crippen LogP contribution in [0.5, 0.6) is 0 Å². The van der Waals surface area contributed by atoms with E-state index in [9.17, 15) is 9.59 Å². The Balaban J connectivity index is 1.97. The molecule has 1 saturated heterocycles. The predicted molar refractivity (Wildman–Crippen MR) is 62.3 cm³/mol. The molecule has 4 heteroatoms. The quantitative estimate of drug-likeness (QED) is 0.748. The van der Waals surface area contributed by atoms with Gasteiger partial charge in [-0.2, -0.15) is 0 Å². The Bertz CT molecular complexity index is 416. The maximum absolute atomic E-state index is 11.8. The average Bonchev–Trinajstić information content (AvgIpc) is 2.76. The van der Waals surface area contributed by atoms with E-state index in [0.717, 1.165) is 6.42 Å². The van der Waals surface area contributed by atoms with E-state index >= 15 is 0 Å². The van der Waals surface area contributed by atoms with Gasteiger partial charge in [0.2, 0.25) is 5.91 Å². The first-order valence-corrected chi connectivity index (χ1v) is 5.74. The molecular weight excluding hydrogens is 218 g/mol. The summed E-state index contributed by atoms with van der Waals surface area (Å²) in [5.74, 6) is -0.337. The fourth-order valence-electron chi connectivity index (χ4n) is 1.91. The van der Waals surface area contributed by atoms with Crippen LogP contribution in [-0.2, 0) is 9.53 Å². The van der Waals surface area contributed by atoms with Crippen LogP contribution in [-0.4, -0.2) is 29.5 Å². The third kappa shape index (κ3) is 2.64. The molecule has 1 unspecified atom stereocenters. The van der Waals surface area contributed by atoms with Crippen LogP contribution in [0.2, 0.25) is 0 Å². The molecule has 1 aromatic carbocycles. The van der Waals surface area contributed by atoms with Gasteiger partial charge in [0.15, 0.2) is 6.23 Å². The van der Waals surface area contributed by atoms with Gasteiger partial charge in [0.1, 0.15) is 0 Å². The molecule has 0 bridgehead atoms. The zero-order chi connectivity index (χ0) is 12.3. The van der Waals surface area contributed by atoms with Crippen molar-refractivity contribution in [3.8, 4) is 0 Å². The first kappa shape index (κ1) is 11.6. The van der Waals surface area contributed by atoms with Crippen molar-refractivity contribution in [1.29, 1.82) is 0 Å². The Morgan fingerprint density at radius 3 is 2.65 bits per heavy atom. The summed E-state index contributed by atoms with van der Waals surface area (Å²) in [6, 6.07) is 8.79. The minimum atomic E-state index is -0.488. The highest BCUT2D eigenvalue weighted by atomic mass is 16.6. The predicted octanol–water partition coefficient (Wildman–Crippen LogP) is 1.81. The molecule has 1 fully saturated rings. The molecule has 1 aliphatic heterocycles. The molecule has 0 radical (unpaired) electrons. The molecule has 1 aliphatic rings. The molecule has 1 amide bonds. The number of ether oxygens (including phenoxy) is 1. The highest BCUT2D eigenvalue weighted by Crippen LogP contribution is 2.15. The van der Waals surface area contributed by atoms with Crippen molar-refractivity contribution in [3.05, 3.63) is 35.9 Å². The van der Waals surface area contributed by atoms with E-state index in [1.54, 1.807) is 36.1 Å². The van der Waals surface area contributed by atoms with Crippen molar-refractivity contribution in [2.45, 2.75) is 26.0 Å². The zero-order valence-electron chi connectivity index (χ0n) is 9.76. The Kier molecular flexibility index (Phi) is 3.42. The Labute approximate surface area is 100 Å². The van der Waals surface area contributed by atoms with Gasteiger partial charge in [-0.25, -0.2) is 4.79 Å². The van der Waals surface area contributed by atoms with Crippen LogP contribution in [0.1, 0.15) is 30.1 Å². The largest absolute Gasteiger partial charge is 0.438 e. The summed E-state index contributed by atoms with van der Waals surface area (Å²) in [5, 5.41) is 0. The molecule has 2 rings (SSSR count). The van der Waals surface area contributed by atoms with Gasteiger partial charge in [-0.15, -0.1) is 0 Å². The lowest BCUT2D eigenvalue weighted by atomic mass is 10.2. The summed E-state index contributed by atoms with van der Waals surface area (Å²) < 4.78 is 5.26. The minimum absolute atomic E-state index is 0.0540. The van der Waals surface area contributed by atoms with Crippen molar-refractivity contribution in [3.63, 3.8) is 0 Å². The summed E-state index contributed by atoms with van der Waals surface area (Å²) in [6.45, 7) is 2.39. The van der Waals surface area contributed by atoms with Crippen LogP contribution in [0.15, 0.2) is 30.3 Å². The normalized spacial score (nSPS) is 17.0. The topological polar surface area (TPSA) is 46.6 Å². The van der Waals surface area contributed by atoms with Gasteiger partial charge in [-0.3, -0.25) is 4.79 Å². The van der Waals surface area contributed by atoms with E-state index in [1.165, 1.54) is 0 Å². The lowest BCUT2D eigenvalue weighted by molar-refractivity contribution is -0.135. The summed E-state index contributed by atoms with van der Waals surface area (Å²) >= 11 is 0. The Morgan fingerprint density at radius 2 is 2.06 bits per heavy atom. The van der Waals surface area contributed by atoms with E-state index < -0.39 is 12.2 Å². The van der Waals surface area contributed by atoms with Crippen LogP contribution in [0.4, 0.5) is 0 Å². The Hall–Kier alpha value is -1.84. The second kappa shape index (κ2) is 4.99. The van der Waals surface area contributed by atoms with Crippen LogP contribution in [0, 0.1) is 0 Å². The van der Waals surface area contributed by atoms with Gasteiger partial charge in [0.25, 0.3) is 0 Å². The van der Waals surface area contributed by atoms with E-state index in [1.807, 2.05) is 6.07 Å². The molecule has 1 heterocycles. The second-order valence-corrected chi connectivity index (χ2v) is 4.06. The molecule has 17 heavy (non-hydrogen) atoms. The first-order valence-electron chi connectivity index (χ1n) is 5.74. The SMILES string of the molecule is CC(OC(=O)c1ccccc1)N1CCCC1=O. The van der Waals surface area contributed by atoms with Gasteiger partial charge in [-0.05, 0) is 25.5 Å². The number of carbonyl (C=O) groups excluding carboxylic acids is 2. The smallest absolute Gasteiger partial charge is 0.340 e. The monoisotopic (exact) mass is 233 g/mol. The number of amides is 1. The molecular formula is C13H15NO3. The lowest BCUT2D eigenvalue weighted by Gasteiger charge is -2.23. The number of likely N-dealkylation sites (tertiary alicyclic amines) is 1. The average molecular weight is 233 g/mol. The van der Waals surface area contributed by atoms with E-state index in [4.69, 9.17) is 4.74 Å². The van der Waals surface area contributed by atoms with Crippen molar-refractivity contribution in [1.82, 2.24) is 4.90 Å². The molecule has 90 valence electrons. The molecule has 0 spiro atoms. The van der Waals surface area contributed by atoms with E-state index in [0.29, 0.717) is 18.5 Å². The minimum Gasteiger partial charge on any atom is -0.438 e. The van der Waals surface area contributed by atoms with Crippen molar-refractivity contribution >= 4 is 11.9 Å². The van der Waals surface area contributed by atoms with Crippen molar-refractivity contribution < 1.29 is 14.3 Å². The number of hydrogen-bond donors (Lipinski definition) is 0. The van der Waals surface area contributed by atoms with Crippen LogP contribution >= 0.6 is 0 Å². The van der Waals surface area contributed by atoms with Gasteiger partial charge in [0.05, 0.1) is 5.56 Å². The molecule has 4 nitrogen and oxygen atoms in total. The highest BCUT2D eigenvalue weighted by Gasteiger charge is 2.27. The summed E-state index contributed by atoms with van der Waals surface area (Å²) in [5.41, 5.74) is 0.506. The molecule has 1 atom stereocenters. The van der Waals surface area contributed by atoms with Gasteiger partial charge < -0.3 is 9.64 Å². The van der Waals surface area contributed by atoms with Gasteiger partial charge in [0, 0.05) is 13.0 Å². The standard InChI is InChI=1S/C13H15NO3/c1-10(14-9-5-8-12(14)15)17-13(16)11-6-3-2-4-7-11/h2-4,6-7,10H,5,8-9H2,1H3. The molecule has 1 aromatic rings. The number of esters is 1. The Morgan fingerprint density at radius 1 is 1.35 bits per heavy atom. The van der Waals surface area contributed by atoms with E-state index in [2.05, 4.69) is 0 Å². The number of nitrogens with zero attached hydrogens (tertiary/aromatic N) is 1. The third-order valence-electron chi connectivity index (χ3n) is 2.84. The summed E-state index contributed by atoms with van der Waals surface area (Å²) in [7, 11) is 0. The summed E-state index contributed by atoms with van der Waals surface area (Å²) in [6.07, 6.45) is 0.900. The van der Waals surface area contributed by atoms with Crippen LogP contribution in [0.3, 0.4) is 0 Å². The number of rotatable bonds is 3. The number of carbonyl (C=O) groups is 2. The van der Waals surface area contributed by atoms with Gasteiger partial charge >= 0.3 is 5.97 Å². The zero-order valence-corrected chi connectivity index (χ0v) is 9.76. The molecule has 0 aromatic heterocycles. The summed E-state index contributed by atoms with van der Waals surface area (Å²) in [4.78, 5) is 24.8.